The Morgan fingerprint density at radius 2 is 1.85 bits per heavy atom. The van der Waals surface area contributed by atoms with Gasteiger partial charge in [0.15, 0.2) is 0 Å². The van der Waals surface area contributed by atoms with Crippen molar-refractivity contribution >= 4 is 33.1 Å². The summed E-state index contributed by atoms with van der Waals surface area (Å²) in [6, 6.07) is 13.6. The van der Waals surface area contributed by atoms with Gasteiger partial charge in [-0.05, 0) is 72.1 Å². The van der Waals surface area contributed by atoms with Crippen LogP contribution in [0.15, 0.2) is 46.9 Å². The first-order valence-electron chi connectivity index (χ1n) is 11.1. The quantitative estimate of drug-likeness (QED) is 0.357. The summed E-state index contributed by atoms with van der Waals surface area (Å²) in [5.41, 5.74) is 5.37. The molecule has 2 heterocycles. The van der Waals surface area contributed by atoms with Crippen molar-refractivity contribution in [3.63, 3.8) is 0 Å². The fraction of sp³-hybridized carbons (Fsp3) is 0.346. The molecule has 180 valence electrons. The molecule has 2 aromatic carbocycles. The van der Waals surface area contributed by atoms with Crippen molar-refractivity contribution in [3.8, 4) is 11.5 Å². The standard InChI is InChI=1S/C26H28BrF2N3O2/c1-16-5-10-23(34-14-19-6-8-20(33-4)9-7-19)17(2)24(16)31-25-21(27)13-22(18(3)30-25)32-12-11-26(28,29)15-32/h5-10,13H,11-12,14-15H2,1-4H3,(H,30,31). The second-order valence-corrected chi connectivity index (χ2v) is 9.45. The van der Waals surface area contributed by atoms with E-state index in [0.717, 1.165) is 39.6 Å². The Hall–Kier alpha value is -2.87. The summed E-state index contributed by atoms with van der Waals surface area (Å²) in [6.45, 7) is 6.34. The van der Waals surface area contributed by atoms with Crippen molar-refractivity contribution in [2.75, 3.05) is 30.4 Å². The molecule has 0 bridgehead atoms. The van der Waals surface area contributed by atoms with Gasteiger partial charge in [0.1, 0.15) is 23.9 Å². The Morgan fingerprint density at radius 3 is 2.50 bits per heavy atom. The SMILES string of the molecule is COc1ccc(COc2ccc(C)c(Nc3nc(C)c(N4CCC(F)(F)C4)cc3Br)c2C)cc1. The minimum absolute atomic E-state index is 0.133. The Bertz CT molecular complexity index is 1190. The summed E-state index contributed by atoms with van der Waals surface area (Å²) in [5, 5.41) is 3.42. The summed E-state index contributed by atoms with van der Waals surface area (Å²) in [5.74, 6) is -0.450. The van der Waals surface area contributed by atoms with Crippen LogP contribution in [-0.4, -0.2) is 31.1 Å². The molecule has 3 aromatic rings. The number of pyridine rings is 1. The van der Waals surface area contributed by atoms with Gasteiger partial charge in [0, 0.05) is 24.2 Å². The molecule has 0 atom stereocenters. The van der Waals surface area contributed by atoms with Crippen LogP contribution in [-0.2, 0) is 6.61 Å². The van der Waals surface area contributed by atoms with Gasteiger partial charge in [0.25, 0.3) is 5.92 Å². The summed E-state index contributed by atoms with van der Waals surface area (Å²) in [7, 11) is 1.64. The predicted molar refractivity (Wildman–Crippen MR) is 135 cm³/mol. The van der Waals surface area contributed by atoms with Crippen LogP contribution in [0.25, 0.3) is 0 Å². The maximum absolute atomic E-state index is 13.7. The van der Waals surface area contributed by atoms with Crippen molar-refractivity contribution in [2.45, 2.75) is 39.7 Å². The van der Waals surface area contributed by atoms with Crippen LogP contribution >= 0.6 is 15.9 Å². The number of benzene rings is 2. The van der Waals surface area contributed by atoms with E-state index in [1.54, 1.807) is 12.0 Å². The number of nitrogens with one attached hydrogen (secondary N) is 1. The third-order valence-electron chi connectivity index (χ3n) is 6.07. The van der Waals surface area contributed by atoms with Crippen LogP contribution in [0.5, 0.6) is 11.5 Å². The molecule has 0 radical (unpaired) electrons. The Balaban J connectivity index is 1.53. The molecule has 34 heavy (non-hydrogen) atoms. The van der Waals surface area contributed by atoms with Crippen molar-refractivity contribution in [3.05, 3.63) is 69.3 Å². The number of rotatable bonds is 7. The largest absolute Gasteiger partial charge is 0.497 e. The van der Waals surface area contributed by atoms with Crippen molar-refractivity contribution in [2.24, 2.45) is 0 Å². The van der Waals surface area contributed by atoms with Gasteiger partial charge in [-0.2, -0.15) is 0 Å². The molecule has 0 saturated carbocycles. The number of anilines is 3. The number of hydrogen-bond donors (Lipinski definition) is 1. The molecule has 1 saturated heterocycles. The molecular formula is C26H28BrF2N3O2. The molecule has 1 aromatic heterocycles. The molecule has 5 nitrogen and oxygen atoms in total. The average molecular weight is 532 g/mol. The van der Waals surface area contributed by atoms with E-state index in [1.165, 1.54) is 0 Å². The molecule has 1 aliphatic heterocycles. The summed E-state index contributed by atoms with van der Waals surface area (Å²) >= 11 is 3.57. The molecule has 0 amide bonds. The highest BCUT2D eigenvalue weighted by Gasteiger charge is 2.39. The van der Waals surface area contributed by atoms with E-state index in [1.807, 2.05) is 63.2 Å². The van der Waals surface area contributed by atoms with Crippen LogP contribution in [0.2, 0.25) is 0 Å². The molecule has 1 fully saturated rings. The van der Waals surface area contributed by atoms with Gasteiger partial charge in [0.05, 0.1) is 29.5 Å². The second kappa shape index (κ2) is 9.78. The first-order chi connectivity index (χ1) is 16.2. The number of hydrogen-bond acceptors (Lipinski definition) is 5. The van der Waals surface area contributed by atoms with Crippen LogP contribution in [0, 0.1) is 20.8 Å². The minimum atomic E-state index is -2.66. The van der Waals surface area contributed by atoms with E-state index in [-0.39, 0.29) is 13.0 Å². The van der Waals surface area contributed by atoms with E-state index in [4.69, 9.17) is 9.47 Å². The number of aryl methyl sites for hydroxylation is 2. The van der Waals surface area contributed by atoms with Crippen LogP contribution in [0.1, 0.15) is 28.8 Å². The van der Waals surface area contributed by atoms with E-state index >= 15 is 0 Å². The molecule has 4 rings (SSSR count). The van der Waals surface area contributed by atoms with Gasteiger partial charge in [-0.25, -0.2) is 13.8 Å². The lowest BCUT2D eigenvalue weighted by Gasteiger charge is -2.22. The van der Waals surface area contributed by atoms with Crippen LogP contribution in [0.3, 0.4) is 0 Å². The number of methoxy groups -OCH3 is 1. The highest BCUT2D eigenvalue weighted by Crippen LogP contribution is 2.38. The van der Waals surface area contributed by atoms with E-state index in [9.17, 15) is 8.78 Å². The zero-order valence-electron chi connectivity index (χ0n) is 19.7. The number of alkyl halides is 2. The fourth-order valence-electron chi connectivity index (χ4n) is 4.10. The summed E-state index contributed by atoms with van der Waals surface area (Å²) < 4.78 is 39.4. The fourth-order valence-corrected chi connectivity index (χ4v) is 4.50. The predicted octanol–water partition coefficient (Wildman–Crippen LogP) is 6.95. The van der Waals surface area contributed by atoms with E-state index < -0.39 is 5.92 Å². The molecular weight excluding hydrogens is 504 g/mol. The molecule has 0 aliphatic carbocycles. The minimum Gasteiger partial charge on any atom is -0.497 e. The van der Waals surface area contributed by atoms with Gasteiger partial charge in [-0.3, -0.25) is 0 Å². The lowest BCUT2D eigenvalue weighted by molar-refractivity contribution is 0.0257. The normalized spacial score (nSPS) is 14.9. The topological polar surface area (TPSA) is 46.6 Å². The molecule has 0 spiro atoms. The smallest absolute Gasteiger partial charge is 0.266 e. The summed E-state index contributed by atoms with van der Waals surface area (Å²) in [4.78, 5) is 6.38. The highest BCUT2D eigenvalue weighted by atomic mass is 79.9. The second-order valence-electron chi connectivity index (χ2n) is 8.59. The first-order valence-corrected chi connectivity index (χ1v) is 11.9. The summed E-state index contributed by atoms with van der Waals surface area (Å²) in [6.07, 6.45) is -0.133. The van der Waals surface area contributed by atoms with Crippen molar-refractivity contribution in [1.29, 1.82) is 0 Å². The zero-order valence-corrected chi connectivity index (χ0v) is 21.3. The Labute approximate surface area is 207 Å². The van der Waals surface area contributed by atoms with Gasteiger partial charge in [0.2, 0.25) is 0 Å². The third-order valence-corrected chi connectivity index (χ3v) is 6.68. The van der Waals surface area contributed by atoms with Crippen LogP contribution in [0.4, 0.5) is 26.0 Å². The van der Waals surface area contributed by atoms with Crippen molar-refractivity contribution < 1.29 is 18.3 Å². The lowest BCUT2D eigenvalue weighted by Crippen LogP contribution is -2.25. The molecule has 8 heteroatoms. The van der Waals surface area contributed by atoms with Gasteiger partial charge >= 0.3 is 0 Å². The lowest BCUT2D eigenvalue weighted by atomic mass is 10.1. The molecule has 1 N–H and O–H groups in total. The molecule has 0 unspecified atom stereocenters. The zero-order chi connectivity index (χ0) is 24.5. The van der Waals surface area contributed by atoms with E-state index in [2.05, 4.69) is 26.2 Å². The monoisotopic (exact) mass is 531 g/mol. The van der Waals surface area contributed by atoms with Gasteiger partial charge in [-0.15, -0.1) is 0 Å². The number of halogens is 3. The number of nitrogens with zero attached hydrogens (tertiary/aromatic N) is 2. The third kappa shape index (κ3) is 5.27. The van der Waals surface area contributed by atoms with Gasteiger partial charge in [-0.1, -0.05) is 18.2 Å². The molecule has 1 aliphatic rings. The Morgan fingerprint density at radius 1 is 1.12 bits per heavy atom. The number of aromatic nitrogens is 1. The van der Waals surface area contributed by atoms with Crippen LogP contribution < -0.4 is 19.7 Å². The Kier molecular flexibility index (Phi) is 6.98. The van der Waals surface area contributed by atoms with Gasteiger partial charge < -0.3 is 19.7 Å². The maximum atomic E-state index is 13.7. The van der Waals surface area contributed by atoms with Crippen molar-refractivity contribution in [1.82, 2.24) is 4.98 Å². The highest BCUT2D eigenvalue weighted by molar-refractivity contribution is 9.10. The van der Waals surface area contributed by atoms with E-state index in [0.29, 0.717) is 29.1 Å². The first kappa shape index (κ1) is 24.3. The number of ether oxygens (including phenoxy) is 2. The maximum Gasteiger partial charge on any atom is 0.266 e. The average Bonchev–Trinajstić information content (AvgIpc) is 3.17.